The van der Waals surface area contributed by atoms with Crippen molar-refractivity contribution in [1.82, 2.24) is 0 Å². The number of methoxy groups -OCH3 is 1. The average molecular weight is 462 g/mol. The summed E-state index contributed by atoms with van der Waals surface area (Å²) in [4.78, 5) is 27.9. The van der Waals surface area contributed by atoms with E-state index >= 15 is 0 Å². The van der Waals surface area contributed by atoms with E-state index in [2.05, 4.69) is 15.5 Å². The first-order valence-electron chi connectivity index (χ1n) is 10.5. The lowest BCUT2D eigenvalue weighted by Crippen LogP contribution is -3.11. The number of amides is 2. The second-order valence-corrected chi connectivity index (χ2v) is 8.26. The monoisotopic (exact) mass is 461 g/mol. The molecule has 2 amide bonds. The van der Waals surface area contributed by atoms with Crippen molar-refractivity contribution in [3.05, 3.63) is 47.0 Å². The van der Waals surface area contributed by atoms with Gasteiger partial charge in [-0.1, -0.05) is 11.6 Å². The maximum Gasteiger partial charge on any atom is 0.279 e. The van der Waals surface area contributed by atoms with Crippen LogP contribution in [0.1, 0.15) is 5.56 Å². The van der Waals surface area contributed by atoms with Crippen LogP contribution in [0.15, 0.2) is 36.4 Å². The van der Waals surface area contributed by atoms with Gasteiger partial charge in [-0.2, -0.15) is 0 Å². The molecular formula is C23H30ClN4O4+. The number of halogens is 1. The van der Waals surface area contributed by atoms with Crippen molar-refractivity contribution < 1.29 is 24.0 Å². The van der Waals surface area contributed by atoms with Crippen LogP contribution >= 0.6 is 11.6 Å². The van der Waals surface area contributed by atoms with Crippen molar-refractivity contribution in [2.24, 2.45) is 0 Å². The average Bonchev–Trinajstić information content (AvgIpc) is 2.77. The molecule has 1 aliphatic rings. The van der Waals surface area contributed by atoms with E-state index in [0.717, 1.165) is 48.1 Å². The smallest absolute Gasteiger partial charge is 0.279 e. The highest BCUT2D eigenvalue weighted by molar-refractivity contribution is 6.31. The van der Waals surface area contributed by atoms with Crippen LogP contribution in [0.4, 0.5) is 17.1 Å². The zero-order chi connectivity index (χ0) is 23.1. The fourth-order valence-corrected chi connectivity index (χ4v) is 3.67. The number of nitrogens with zero attached hydrogens (tertiary/aromatic N) is 1. The second kappa shape index (κ2) is 11.2. The van der Waals surface area contributed by atoms with E-state index in [1.54, 1.807) is 19.2 Å². The van der Waals surface area contributed by atoms with E-state index in [9.17, 15) is 9.59 Å². The molecular weight excluding hydrogens is 432 g/mol. The van der Waals surface area contributed by atoms with Gasteiger partial charge in [0.2, 0.25) is 0 Å². The third-order valence-corrected chi connectivity index (χ3v) is 5.61. The molecule has 1 fully saturated rings. The van der Waals surface area contributed by atoms with Gasteiger partial charge in [-0.15, -0.1) is 0 Å². The topological polar surface area (TPSA) is 84.3 Å². The van der Waals surface area contributed by atoms with E-state index in [-0.39, 0.29) is 24.9 Å². The lowest BCUT2D eigenvalue weighted by atomic mass is 10.2. The molecule has 2 aromatic carbocycles. The number of carbonyl (C=O) groups is 2. The fourth-order valence-electron chi connectivity index (χ4n) is 3.52. The first-order valence-corrected chi connectivity index (χ1v) is 10.9. The SMILES string of the molecule is COc1cc(Cl)c(C)cc1NC(=O)C[NH+](C)CC(=O)Nc1ccc(N2CCOCC2)cc1. The van der Waals surface area contributed by atoms with Crippen molar-refractivity contribution in [2.75, 3.05) is 69.1 Å². The highest BCUT2D eigenvalue weighted by atomic mass is 35.5. The molecule has 1 unspecified atom stereocenters. The van der Waals surface area contributed by atoms with Crippen molar-refractivity contribution in [1.29, 1.82) is 0 Å². The molecule has 0 saturated carbocycles. The van der Waals surface area contributed by atoms with Crippen molar-refractivity contribution in [3.63, 3.8) is 0 Å². The minimum absolute atomic E-state index is 0.133. The van der Waals surface area contributed by atoms with Crippen LogP contribution in [0, 0.1) is 6.92 Å². The highest BCUT2D eigenvalue weighted by Crippen LogP contribution is 2.30. The van der Waals surface area contributed by atoms with E-state index in [1.165, 1.54) is 7.11 Å². The molecule has 0 spiro atoms. The Morgan fingerprint density at radius 1 is 1.09 bits per heavy atom. The summed E-state index contributed by atoms with van der Waals surface area (Å²) in [7, 11) is 3.32. The summed E-state index contributed by atoms with van der Waals surface area (Å²) in [5.41, 5.74) is 3.23. The number of anilines is 3. The van der Waals surface area contributed by atoms with Gasteiger partial charge < -0.3 is 29.9 Å². The molecule has 0 radical (unpaired) electrons. The Balaban J connectivity index is 1.48. The summed E-state index contributed by atoms with van der Waals surface area (Å²) < 4.78 is 10.7. The molecule has 0 bridgehead atoms. The standard InChI is InChI=1S/C23H29ClN4O4/c1-16-12-20(21(31-3)13-19(16)24)26-23(30)15-27(2)14-22(29)25-17-4-6-18(7-5-17)28-8-10-32-11-9-28/h4-7,12-13H,8-11,14-15H2,1-3H3,(H,25,29)(H,26,30)/p+1. The molecule has 2 aromatic rings. The summed E-state index contributed by atoms with van der Waals surface area (Å²) in [5.74, 6) is 0.115. The van der Waals surface area contributed by atoms with Gasteiger partial charge in [0.25, 0.3) is 11.8 Å². The number of aryl methyl sites for hydroxylation is 1. The Morgan fingerprint density at radius 2 is 1.72 bits per heavy atom. The molecule has 3 N–H and O–H groups in total. The van der Waals surface area contributed by atoms with Gasteiger partial charge in [0.15, 0.2) is 13.1 Å². The maximum atomic E-state index is 12.4. The molecule has 8 nitrogen and oxygen atoms in total. The zero-order valence-corrected chi connectivity index (χ0v) is 19.4. The number of quaternary nitrogens is 1. The Morgan fingerprint density at radius 3 is 2.34 bits per heavy atom. The normalized spacial score (nSPS) is 14.6. The van der Waals surface area contributed by atoms with Crippen LogP contribution in [-0.2, 0) is 14.3 Å². The largest absolute Gasteiger partial charge is 0.495 e. The number of nitrogens with one attached hydrogen (secondary N) is 3. The lowest BCUT2D eigenvalue weighted by molar-refractivity contribution is -0.862. The van der Waals surface area contributed by atoms with Crippen molar-refractivity contribution in [3.8, 4) is 5.75 Å². The number of carbonyl (C=O) groups excluding carboxylic acids is 2. The van der Waals surface area contributed by atoms with Gasteiger partial charge in [-0.25, -0.2) is 0 Å². The van der Waals surface area contributed by atoms with Crippen molar-refractivity contribution in [2.45, 2.75) is 6.92 Å². The lowest BCUT2D eigenvalue weighted by Gasteiger charge is -2.28. The van der Waals surface area contributed by atoms with Crippen molar-refractivity contribution >= 4 is 40.5 Å². The molecule has 0 aliphatic carbocycles. The van der Waals surface area contributed by atoms with Gasteiger partial charge in [-0.3, -0.25) is 9.59 Å². The van der Waals surface area contributed by atoms with Gasteiger partial charge in [-0.05, 0) is 42.8 Å². The predicted octanol–water partition coefficient (Wildman–Crippen LogP) is 1.59. The number of morpholine rings is 1. The second-order valence-electron chi connectivity index (χ2n) is 7.85. The molecule has 9 heteroatoms. The molecule has 172 valence electrons. The molecule has 32 heavy (non-hydrogen) atoms. The summed E-state index contributed by atoms with van der Waals surface area (Å²) in [6.07, 6.45) is 0. The number of hydrogen-bond donors (Lipinski definition) is 3. The fraction of sp³-hybridized carbons (Fsp3) is 0.391. The molecule has 1 atom stereocenters. The van der Waals surface area contributed by atoms with Crippen LogP contribution in [0.25, 0.3) is 0 Å². The minimum Gasteiger partial charge on any atom is -0.495 e. The summed E-state index contributed by atoms with van der Waals surface area (Å²) in [6, 6.07) is 11.2. The zero-order valence-electron chi connectivity index (χ0n) is 18.7. The Kier molecular flexibility index (Phi) is 8.33. The Bertz CT molecular complexity index is 946. The maximum absolute atomic E-state index is 12.4. The minimum atomic E-state index is -0.217. The van der Waals surface area contributed by atoms with E-state index < -0.39 is 0 Å². The number of ether oxygens (including phenoxy) is 2. The highest BCUT2D eigenvalue weighted by Gasteiger charge is 2.17. The van der Waals surface area contributed by atoms with E-state index in [4.69, 9.17) is 21.1 Å². The molecule has 1 saturated heterocycles. The van der Waals surface area contributed by atoms with Crippen LogP contribution in [0.3, 0.4) is 0 Å². The van der Waals surface area contributed by atoms with Crippen LogP contribution in [0.2, 0.25) is 5.02 Å². The summed E-state index contributed by atoms with van der Waals surface area (Å²) >= 11 is 6.11. The number of hydrogen-bond acceptors (Lipinski definition) is 5. The van der Waals surface area contributed by atoms with Gasteiger partial charge in [0.1, 0.15) is 5.75 Å². The number of rotatable bonds is 8. The molecule has 3 rings (SSSR count). The molecule has 1 aliphatic heterocycles. The first-order chi connectivity index (χ1) is 15.4. The first kappa shape index (κ1) is 23.8. The number of likely N-dealkylation sites (N-methyl/N-ethyl adjacent to an activating group) is 1. The Hall–Kier alpha value is -2.81. The third kappa shape index (κ3) is 6.59. The van der Waals surface area contributed by atoms with Crippen LogP contribution in [-0.4, -0.2) is 65.4 Å². The predicted molar refractivity (Wildman–Crippen MR) is 126 cm³/mol. The van der Waals surface area contributed by atoms with Gasteiger partial charge in [0.05, 0.1) is 33.1 Å². The number of benzene rings is 2. The van der Waals surface area contributed by atoms with Crippen LogP contribution < -0.4 is 25.2 Å². The van der Waals surface area contributed by atoms with E-state index in [1.807, 2.05) is 31.2 Å². The summed E-state index contributed by atoms with van der Waals surface area (Å²) in [6.45, 7) is 5.33. The summed E-state index contributed by atoms with van der Waals surface area (Å²) in [5, 5.41) is 6.29. The molecule has 1 heterocycles. The van der Waals surface area contributed by atoms with Crippen LogP contribution in [0.5, 0.6) is 5.75 Å². The Labute approximate surface area is 193 Å². The van der Waals surface area contributed by atoms with E-state index in [0.29, 0.717) is 16.5 Å². The van der Waals surface area contributed by atoms with Gasteiger partial charge >= 0.3 is 0 Å². The third-order valence-electron chi connectivity index (χ3n) is 5.21. The molecule has 0 aromatic heterocycles. The quantitative estimate of drug-likeness (QED) is 0.556. The van der Waals surface area contributed by atoms with Gasteiger partial charge in [0, 0.05) is 35.6 Å².